The first-order chi connectivity index (χ1) is 15.2. The fraction of sp³-hybridized carbons (Fsp3) is 0.0435. The third-order valence-corrected chi connectivity index (χ3v) is 6.04. The van der Waals surface area contributed by atoms with Gasteiger partial charge in [0.1, 0.15) is 0 Å². The Labute approximate surface area is 195 Å². The fourth-order valence-electron chi connectivity index (χ4n) is 2.75. The molecule has 3 aromatic rings. The quantitative estimate of drug-likeness (QED) is 0.166. The molecule has 3 aromatic carbocycles. The summed E-state index contributed by atoms with van der Waals surface area (Å²) in [6, 6.07) is 17.0. The van der Waals surface area contributed by atoms with Gasteiger partial charge in [0.2, 0.25) is 0 Å². The Morgan fingerprint density at radius 2 is 1.62 bits per heavy atom. The molecule has 0 bridgehead atoms. The summed E-state index contributed by atoms with van der Waals surface area (Å²) in [6.07, 6.45) is 1.52. The molecule has 0 aliphatic rings. The van der Waals surface area contributed by atoms with Crippen LogP contribution in [0.4, 0.5) is 5.69 Å². The van der Waals surface area contributed by atoms with Crippen LogP contribution >= 0.6 is 27.7 Å². The molecule has 0 heterocycles. The molecule has 0 aliphatic heterocycles. The number of nitro groups is 1. The smallest absolute Gasteiger partial charge is 0.335 e. The van der Waals surface area contributed by atoms with Gasteiger partial charge in [-0.2, -0.15) is 0 Å². The minimum atomic E-state index is -1.10. The number of carboxylic acids is 1. The highest BCUT2D eigenvalue weighted by atomic mass is 79.9. The van der Waals surface area contributed by atoms with Crippen LogP contribution in [0.25, 0.3) is 6.08 Å². The number of benzene rings is 3. The molecule has 0 amide bonds. The van der Waals surface area contributed by atoms with E-state index in [2.05, 4.69) is 15.9 Å². The Kier molecular flexibility index (Phi) is 7.45. The SMILES string of the molecule is O=C(O)c1ccc(C(=O)/C(=C\c2ccc(O)c([N+](=O)[O-])c2)SCc2ccc(Br)cc2)cc1. The van der Waals surface area contributed by atoms with Crippen LogP contribution in [0.15, 0.2) is 76.1 Å². The molecule has 0 spiro atoms. The van der Waals surface area contributed by atoms with Crippen molar-refractivity contribution in [1.29, 1.82) is 0 Å². The summed E-state index contributed by atoms with van der Waals surface area (Å²) in [4.78, 5) is 35.0. The maximum absolute atomic E-state index is 13.2. The summed E-state index contributed by atoms with van der Waals surface area (Å²) in [5, 5.41) is 29.9. The molecule has 2 N–H and O–H groups in total. The Morgan fingerprint density at radius 1 is 1.00 bits per heavy atom. The van der Waals surface area contributed by atoms with Gasteiger partial charge in [-0.15, -0.1) is 11.8 Å². The normalized spacial score (nSPS) is 11.2. The molecule has 0 aliphatic carbocycles. The number of thioether (sulfide) groups is 1. The van der Waals surface area contributed by atoms with E-state index in [-0.39, 0.29) is 16.9 Å². The number of carboxylic acid groups (broad SMARTS) is 1. The fourth-order valence-corrected chi connectivity index (χ4v) is 4.00. The van der Waals surface area contributed by atoms with Crippen molar-refractivity contribution in [3.63, 3.8) is 0 Å². The molecule has 0 aromatic heterocycles. The Bertz CT molecular complexity index is 1210. The van der Waals surface area contributed by atoms with Crippen molar-refractivity contribution in [3.05, 3.63) is 108 Å². The maximum atomic E-state index is 13.2. The predicted molar refractivity (Wildman–Crippen MR) is 126 cm³/mol. The summed E-state index contributed by atoms with van der Waals surface area (Å²) in [5.74, 6) is -1.44. The van der Waals surface area contributed by atoms with Crippen LogP contribution < -0.4 is 0 Å². The third kappa shape index (κ3) is 5.83. The van der Waals surface area contributed by atoms with Crippen molar-refractivity contribution in [2.24, 2.45) is 0 Å². The molecular formula is C23H16BrNO6S. The van der Waals surface area contributed by atoms with E-state index < -0.39 is 22.3 Å². The van der Waals surface area contributed by atoms with Crippen molar-refractivity contribution in [2.75, 3.05) is 0 Å². The van der Waals surface area contributed by atoms with Crippen LogP contribution in [0.3, 0.4) is 0 Å². The van der Waals surface area contributed by atoms with Gasteiger partial charge in [-0.3, -0.25) is 14.9 Å². The number of rotatable bonds is 8. The molecule has 0 unspecified atom stereocenters. The van der Waals surface area contributed by atoms with E-state index in [9.17, 15) is 24.8 Å². The van der Waals surface area contributed by atoms with E-state index in [1.807, 2.05) is 24.3 Å². The van der Waals surface area contributed by atoms with Crippen molar-refractivity contribution >= 4 is 51.2 Å². The second-order valence-corrected chi connectivity index (χ2v) is 8.57. The molecule has 162 valence electrons. The van der Waals surface area contributed by atoms with Crippen molar-refractivity contribution in [1.82, 2.24) is 0 Å². The first-order valence-corrected chi connectivity index (χ1v) is 11.0. The lowest BCUT2D eigenvalue weighted by Crippen LogP contribution is -2.03. The van der Waals surface area contributed by atoms with Crippen LogP contribution in [0.5, 0.6) is 5.75 Å². The number of phenolic OH excluding ortho intramolecular Hbond substituents is 1. The molecule has 9 heteroatoms. The lowest BCUT2D eigenvalue weighted by atomic mass is 10.1. The molecule has 7 nitrogen and oxygen atoms in total. The van der Waals surface area contributed by atoms with Gasteiger partial charge in [-0.25, -0.2) is 4.79 Å². The third-order valence-electron chi connectivity index (χ3n) is 4.42. The number of nitrogens with zero attached hydrogens (tertiary/aromatic N) is 1. The number of hydrogen-bond acceptors (Lipinski definition) is 6. The summed E-state index contributed by atoms with van der Waals surface area (Å²) in [7, 11) is 0. The molecule has 32 heavy (non-hydrogen) atoms. The van der Waals surface area contributed by atoms with Gasteiger partial charge in [0, 0.05) is 21.9 Å². The predicted octanol–water partition coefficient (Wildman–Crippen LogP) is 5.92. The Balaban J connectivity index is 1.96. The number of carbonyl (C=O) groups is 2. The summed E-state index contributed by atoms with van der Waals surface area (Å²) in [6.45, 7) is 0. The minimum Gasteiger partial charge on any atom is -0.502 e. The van der Waals surface area contributed by atoms with E-state index in [0.29, 0.717) is 16.2 Å². The van der Waals surface area contributed by atoms with Gasteiger partial charge >= 0.3 is 11.7 Å². The highest BCUT2D eigenvalue weighted by molar-refractivity contribution is 9.10. The molecule has 0 saturated heterocycles. The Morgan fingerprint density at radius 3 is 2.22 bits per heavy atom. The highest BCUT2D eigenvalue weighted by Gasteiger charge is 2.17. The van der Waals surface area contributed by atoms with Crippen LogP contribution in [-0.4, -0.2) is 26.9 Å². The topological polar surface area (TPSA) is 118 Å². The number of aromatic carboxylic acids is 1. The molecule has 0 fully saturated rings. The standard InChI is InChI=1S/C23H16BrNO6S/c24-18-8-1-14(2-9-18)13-32-21(12-15-3-10-20(26)19(11-15)25(30)31)22(27)16-4-6-17(7-5-16)23(28)29/h1-12,26H,13H2,(H,28,29)/b21-12+. The highest BCUT2D eigenvalue weighted by Crippen LogP contribution is 2.31. The molecule has 0 saturated carbocycles. The maximum Gasteiger partial charge on any atom is 0.335 e. The van der Waals surface area contributed by atoms with E-state index in [1.165, 1.54) is 60.3 Å². The lowest BCUT2D eigenvalue weighted by molar-refractivity contribution is -0.385. The van der Waals surface area contributed by atoms with E-state index in [0.717, 1.165) is 10.0 Å². The van der Waals surface area contributed by atoms with Crippen LogP contribution in [0.1, 0.15) is 31.8 Å². The van der Waals surface area contributed by atoms with Gasteiger partial charge < -0.3 is 10.2 Å². The van der Waals surface area contributed by atoms with Gasteiger partial charge in [0.25, 0.3) is 0 Å². The number of carbonyl (C=O) groups excluding carboxylic acids is 1. The number of ketones is 1. The largest absolute Gasteiger partial charge is 0.502 e. The molecular weight excluding hydrogens is 498 g/mol. The first-order valence-electron chi connectivity index (χ1n) is 9.19. The minimum absolute atomic E-state index is 0.0590. The summed E-state index contributed by atoms with van der Waals surface area (Å²) < 4.78 is 0.924. The van der Waals surface area contributed by atoms with Gasteiger partial charge in [0.05, 0.1) is 15.4 Å². The zero-order valence-electron chi connectivity index (χ0n) is 16.4. The number of nitro benzene ring substituents is 1. The van der Waals surface area contributed by atoms with Crippen LogP contribution in [0.2, 0.25) is 0 Å². The van der Waals surface area contributed by atoms with Crippen LogP contribution in [-0.2, 0) is 5.75 Å². The van der Waals surface area contributed by atoms with Crippen molar-refractivity contribution in [2.45, 2.75) is 5.75 Å². The van der Waals surface area contributed by atoms with Gasteiger partial charge in [-0.05, 0) is 47.5 Å². The van der Waals surface area contributed by atoms with E-state index in [4.69, 9.17) is 5.11 Å². The lowest BCUT2D eigenvalue weighted by Gasteiger charge is -2.09. The second-order valence-electron chi connectivity index (χ2n) is 6.64. The van der Waals surface area contributed by atoms with Crippen molar-refractivity contribution < 1.29 is 24.7 Å². The number of halogens is 1. The van der Waals surface area contributed by atoms with E-state index >= 15 is 0 Å². The molecule has 0 atom stereocenters. The van der Waals surface area contributed by atoms with Crippen LogP contribution in [0, 0.1) is 10.1 Å². The van der Waals surface area contributed by atoms with Gasteiger partial charge in [-0.1, -0.05) is 46.3 Å². The number of phenols is 1. The summed E-state index contributed by atoms with van der Waals surface area (Å²) >= 11 is 4.63. The zero-order valence-corrected chi connectivity index (χ0v) is 18.8. The number of aromatic hydroxyl groups is 1. The molecule has 0 radical (unpaired) electrons. The number of Topliss-reactive ketones (excluding diaryl/α,β-unsaturated/α-hetero) is 1. The molecule has 3 rings (SSSR count). The second kappa shape index (κ2) is 10.3. The average Bonchev–Trinajstić information content (AvgIpc) is 2.78. The Hall–Kier alpha value is -3.43. The van der Waals surface area contributed by atoms with Crippen molar-refractivity contribution in [3.8, 4) is 5.75 Å². The van der Waals surface area contributed by atoms with Gasteiger partial charge in [0.15, 0.2) is 11.5 Å². The first kappa shape index (κ1) is 23.2. The average molecular weight is 514 g/mol. The summed E-state index contributed by atoms with van der Waals surface area (Å²) in [5.41, 5.74) is 1.23. The number of allylic oxidation sites excluding steroid dienone is 1. The number of hydrogen-bond donors (Lipinski definition) is 2. The monoisotopic (exact) mass is 513 g/mol. The van der Waals surface area contributed by atoms with E-state index in [1.54, 1.807) is 0 Å². The zero-order chi connectivity index (χ0) is 23.3.